The van der Waals surface area contributed by atoms with Gasteiger partial charge in [0.15, 0.2) is 11.6 Å². The van der Waals surface area contributed by atoms with Gasteiger partial charge in [-0.25, -0.2) is 15.0 Å². The number of nitrogens with one attached hydrogen (secondary N) is 2. The Bertz CT molecular complexity index is 1030. The number of fused-ring (bicyclic) bond motifs is 1. The molecule has 13 heteroatoms. The van der Waals surface area contributed by atoms with Crippen molar-refractivity contribution in [3.05, 3.63) is 23.9 Å². The van der Waals surface area contributed by atoms with Crippen LogP contribution in [-0.4, -0.2) is 64.3 Å². The highest BCUT2D eigenvalue weighted by Crippen LogP contribution is 2.35. The number of carbonyl (C=O) groups excluding carboxylic acids is 1. The molecule has 1 amide bonds. The summed E-state index contributed by atoms with van der Waals surface area (Å²) in [6, 6.07) is -0.503. The molecule has 1 aliphatic heterocycles. The predicted octanol–water partition coefficient (Wildman–Crippen LogP) is 2.41. The highest BCUT2D eigenvalue weighted by molar-refractivity contribution is 6.03. The van der Waals surface area contributed by atoms with Gasteiger partial charge in [0.25, 0.3) is 0 Å². The number of rotatable bonds is 6. The van der Waals surface area contributed by atoms with Crippen LogP contribution in [0.5, 0.6) is 5.75 Å². The fourth-order valence-electron chi connectivity index (χ4n) is 3.86. The van der Waals surface area contributed by atoms with Crippen molar-refractivity contribution in [3.8, 4) is 5.75 Å². The van der Waals surface area contributed by atoms with Crippen LogP contribution in [-0.2, 0) is 15.7 Å². The molecule has 4 rings (SSSR count). The number of alkyl halides is 3. The van der Waals surface area contributed by atoms with E-state index in [1.54, 1.807) is 26.0 Å². The van der Waals surface area contributed by atoms with Gasteiger partial charge in [0.2, 0.25) is 17.7 Å². The molecule has 33 heavy (non-hydrogen) atoms. The Hall–Kier alpha value is -3.22. The Morgan fingerprint density at radius 2 is 1.91 bits per heavy atom. The lowest BCUT2D eigenvalue weighted by atomic mass is 9.89. The first-order valence-corrected chi connectivity index (χ1v) is 10.3. The van der Waals surface area contributed by atoms with Crippen molar-refractivity contribution in [1.29, 1.82) is 0 Å². The number of anilines is 3. The zero-order chi connectivity index (χ0) is 23.9. The summed E-state index contributed by atoms with van der Waals surface area (Å²) in [6.45, 7) is 3.60. The van der Waals surface area contributed by atoms with Crippen LogP contribution in [0.1, 0.15) is 31.3 Å². The lowest BCUT2D eigenvalue weighted by Crippen LogP contribution is -2.53. The summed E-state index contributed by atoms with van der Waals surface area (Å²) < 4.78 is 48.7. The monoisotopic (exact) mass is 467 g/mol. The van der Waals surface area contributed by atoms with Gasteiger partial charge < -0.3 is 25.0 Å². The van der Waals surface area contributed by atoms with Crippen molar-refractivity contribution >= 4 is 23.4 Å². The van der Waals surface area contributed by atoms with Crippen LogP contribution in [0.2, 0.25) is 0 Å². The quantitative estimate of drug-likeness (QED) is 0.661. The maximum Gasteiger partial charge on any atom is 0.451 e. The highest BCUT2D eigenvalue weighted by atomic mass is 19.4. The molecular formula is C20H24F3N7O3. The molecule has 2 aliphatic rings. The van der Waals surface area contributed by atoms with Gasteiger partial charge in [0, 0.05) is 33.0 Å². The number of nitrogens with zero attached hydrogens (tertiary/aromatic N) is 5. The van der Waals surface area contributed by atoms with Crippen molar-refractivity contribution in [2.45, 2.75) is 57.2 Å². The van der Waals surface area contributed by atoms with Gasteiger partial charge in [0.1, 0.15) is 17.8 Å². The number of methoxy groups -OCH3 is 1. The number of likely N-dealkylation sites (N-methyl/N-ethyl adjacent to an activating group) is 1. The molecule has 0 bridgehead atoms. The molecule has 178 valence electrons. The molecule has 1 fully saturated rings. The third-order valence-electron chi connectivity index (χ3n) is 5.77. The normalized spacial score (nSPS) is 23.3. The van der Waals surface area contributed by atoms with Gasteiger partial charge >= 0.3 is 6.18 Å². The summed E-state index contributed by atoms with van der Waals surface area (Å²) in [4.78, 5) is 29.9. The van der Waals surface area contributed by atoms with E-state index in [9.17, 15) is 18.0 Å². The second kappa shape index (κ2) is 8.61. The molecule has 2 N–H and O–H groups in total. The molecular weight excluding hydrogens is 443 g/mol. The van der Waals surface area contributed by atoms with Crippen molar-refractivity contribution in [2.24, 2.45) is 0 Å². The van der Waals surface area contributed by atoms with Crippen molar-refractivity contribution in [1.82, 2.24) is 19.9 Å². The Morgan fingerprint density at radius 3 is 2.52 bits per heavy atom. The summed E-state index contributed by atoms with van der Waals surface area (Å²) in [5.41, 5.74) is 1.19. The van der Waals surface area contributed by atoms with Crippen LogP contribution >= 0.6 is 0 Å². The summed E-state index contributed by atoms with van der Waals surface area (Å²) in [5.74, 6) is -0.195. The number of aromatic nitrogens is 4. The molecule has 3 heterocycles. The zero-order valence-corrected chi connectivity index (χ0v) is 18.5. The number of halogens is 3. The maximum absolute atomic E-state index is 12.6. The number of hydrogen-bond donors (Lipinski definition) is 2. The minimum atomic E-state index is -4.59. The van der Waals surface area contributed by atoms with E-state index in [1.807, 2.05) is 6.92 Å². The third-order valence-corrected chi connectivity index (χ3v) is 5.77. The van der Waals surface area contributed by atoms with Crippen molar-refractivity contribution < 1.29 is 27.4 Å². The number of amides is 1. The minimum absolute atomic E-state index is 0.0278. The SMILES string of the molecule is CO[C@@H](C)[C@H]1C(=O)Nc2c(C)nc(NC3CC(Oc4cnc(C(F)(F)F)nc4)C3)nc2N1C. The van der Waals surface area contributed by atoms with Crippen molar-refractivity contribution in [2.75, 3.05) is 29.7 Å². The molecule has 1 saturated carbocycles. The van der Waals surface area contributed by atoms with E-state index in [4.69, 9.17) is 9.47 Å². The molecule has 2 atom stereocenters. The molecule has 0 aromatic carbocycles. The van der Waals surface area contributed by atoms with E-state index in [0.29, 0.717) is 36.0 Å². The molecule has 2 aromatic rings. The van der Waals surface area contributed by atoms with E-state index in [2.05, 4.69) is 30.6 Å². The predicted molar refractivity (Wildman–Crippen MR) is 112 cm³/mol. The fraction of sp³-hybridized carbons (Fsp3) is 0.550. The van der Waals surface area contributed by atoms with Crippen LogP contribution < -0.4 is 20.3 Å². The summed E-state index contributed by atoms with van der Waals surface area (Å²) in [7, 11) is 3.33. The molecule has 1 aliphatic carbocycles. The lowest BCUT2D eigenvalue weighted by Gasteiger charge is -2.38. The summed E-state index contributed by atoms with van der Waals surface area (Å²) in [5, 5.41) is 6.12. The number of hydrogen-bond acceptors (Lipinski definition) is 9. The molecule has 2 aromatic heterocycles. The highest BCUT2D eigenvalue weighted by Gasteiger charge is 2.38. The Kier molecular flexibility index (Phi) is 5.99. The Balaban J connectivity index is 1.38. The van der Waals surface area contributed by atoms with E-state index < -0.39 is 18.0 Å². The molecule has 0 saturated heterocycles. The van der Waals surface area contributed by atoms with Gasteiger partial charge in [-0.15, -0.1) is 0 Å². The molecule has 0 radical (unpaired) electrons. The zero-order valence-electron chi connectivity index (χ0n) is 18.5. The van der Waals surface area contributed by atoms with Crippen LogP contribution in [0.3, 0.4) is 0 Å². The van der Waals surface area contributed by atoms with E-state index in [-0.39, 0.29) is 29.9 Å². The standard InChI is InChI=1S/C20H24F3N7O3/c1-9-14-16(30(3)15(10(2)32-4)17(31)28-14)29-19(26-9)27-11-5-12(6-11)33-13-7-24-18(25-8-13)20(21,22)23/h7-8,10-12,15H,5-6H2,1-4H3,(H,28,31)(H,26,27,29)/t10-,11?,12?,15-/m0/s1. The topological polar surface area (TPSA) is 114 Å². The second-order valence-electron chi connectivity index (χ2n) is 8.11. The van der Waals surface area contributed by atoms with Crippen molar-refractivity contribution in [3.63, 3.8) is 0 Å². The van der Waals surface area contributed by atoms with Gasteiger partial charge in [-0.05, 0) is 13.8 Å². The Morgan fingerprint density at radius 1 is 1.24 bits per heavy atom. The van der Waals surface area contributed by atoms with Crippen LogP contribution in [0, 0.1) is 6.92 Å². The van der Waals surface area contributed by atoms with Gasteiger partial charge in [-0.1, -0.05) is 0 Å². The van der Waals surface area contributed by atoms with Crippen LogP contribution in [0.4, 0.5) is 30.6 Å². The molecule has 0 spiro atoms. The Labute approximate surface area is 187 Å². The minimum Gasteiger partial charge on any atom is -0.487 e. The average Bonchev–Trinajstić information content (AvgIpc) is 2.72. The lowest BCUT2D eigenvalue weighted by molar-refractivity contribution is -0.145. The largest absolute Gasteiger partial charge is 0.487 e. The first-order valence-electron chi connectivity index (χ1n) is 10.3. The van der Waals surface area contributed by atoms with Gasteiger partial charge in [0.05, 0.1) is 24.2 Å². The second-order valence-corrected chi connectivity index (χ2v) is 8.11. The first-order chi connectivity index (χ1) is 15.6. The molecule has 10 nitrogen and oxygen atoms in total. The summed E-state index contributed by atoms with van der Waals surface area (Å²) in [6.07, 6.45) is -1.85. The molecule has 0 unspecified atom stereocenters. The van der Waals surface area contributed by atoms with Gasteiger partial charge in [-0.2, -0.15) is 18.2 Å². The van der Waals surface area contributed by atoms with E-state index in [1.165, 1.54) is 0 Å². The van der Waals surface area contributed by atoms with Gasteiger partial charge in [-0.3, -0.25) is 4.79 Å². The summed E-state index contributed by atoms with van der Waals surface area (Å²) >= 11 is 0. The number of aryl methyl sites for hydroxylation is 1. The van der Waals surface area contributed by atoms with Crippen LogP contribution in [0.15, 0.2) is 12.4 Å². The first kappa shape index (κ1) is 23.0. The fourth-order valence-corrected chi connectivity index (χ4v) is 3.86. The van der Waals surface area contributed by atoms with E-state index in [0.717, 1.165) is 12.4 Å². The third kappa shape index (κ3) is 4.63. The smallest absolute Gasteiger partial charge is 0.451 e. The number of carbonyl (C=O) groups is 1. The average molecular weight is 467 g/mol. The van der Waals surface area contributed by atoms with Crippen LogP contribution in [0.25, 0.3) is 0 Å². The van der Waals surface area contributed by atoms with E-state index >= 15 is 0 Å². The number of ether oxygens (including phenoxy) is 2. The maximum atomic E-state index is 12.6.